The molecule has 112 valence electrons. The van der Waals surface area contributed by atoms with Gasteiger partial charge in [0.2, 0.25) is 0 Å². The van der Waals surface area contributed by atoms with E-state index in [2.05, 4.69) is 45.1 Å². The Morgan fingerprint density at radius 2 is 1.55 bits per heavy atom. The van der Waals surface area contributed by atoms with E-state index in [1.54, 1.807) is 0 Å². The maximum Gasteiger partial charge on any atom is -0.0131 e. The van der Waals surface area contributed by atoms with Gasteiger partial charge >= 0.3 is 0 Å². The van der Waals surface area contributed by atoms with E-state index >= 15 is 0 Å². The molecule has 0 aliphatic heterocycles. The molecule has 3 aliphatic carbocycles. The van der Waals surface area contributed by atoms with E-state index in [-0.39, 0.29) is 0 Å². The standard InChI is InChI=1S/C20H32/c1-4-20(5-2,16-10-6-7-11-16)19-14-15(3)17-12-8-9-13-18(17)19/h8-9,12-13,15-19H,4-7,10-11,14H2,1-3H3. The number of allylic oxidation sites excluding steroid dienone is 4. The Bertz CT molecular complexity index is 379. The van der Waals surface area contributed by atoms with Crippen LogP contribution in [0.4, 0.5) is 0 Å². The Balaban J connectivity index is 1.91. The van der Waals surface area contributed by atoms with Crippen molar-refractivity contribution in [3.8, 4) is 0 Å². The molecule has 0 heteroatoms. The van der Waals surface area contributed by atoms with Gasteiger partial charge in [-0.1, -0.05) is 57.9 Å². The van der Waals surface area contributed by atoms with Crippen LogP contribution in [0, 0.1) is 35.0 Å². The smallest absolute Gasteiger partial charge is 0.0131 e. The normalized spacial score (nSPS) is 37.5. The molecule has 3 aliphatic rings. The van der Waals surface area contributed by atoms with Gasteiger partial charge in [-0.05, 0) is 67.1 Å². The number of hydrogen-bond donors (Lipinski definition) is 0. The van der Waals surface area contributed by atoms with Crippen LogP contribution < -0.4 is 0 Å². The summed E-state index contributed by atoms with van der Waals surface area (Å²) in [5, 5.41) is 0. The van der Waals surface area contributed by atoms with Gasteiger partial charge in [0.05, 0.1) is 0 Å². The Morgan fingerprint density at radius 3 is 2.15 bits per heavy atom. The van der Waals surface area contributed by atoms with Crippen LogP contribution in [0.3, 0.4) is 0 Å². The van der Waals surface area contributed by atoms with E-state index in [1.165, 1.54) is 44.9 Å². The fourth-order valence-electron chi connectivity index (χ4n) is 6.10. The lowest BCUT2D eigenvalue weighted by molar-refractivity contribution is 0.0424. The summed E-state index contributed by atoms with van der Waals surface area (Å²) in [7, 11) is 0. The average Bonchev–Trinajstić information content (AvgIpc) is 3.12. The third kappa shape index (κ3) is 2.11. The van der Waals surface area contributed by atoms with E-state index in [0.717, 1.165) is 29.6 Å². The second-order valence-corrected chi connectivity index (χ2v) is 7.67. The van der Waals surface area contributed by atoms with Crippen LogP contribution in [-0.2, 0) is 0 Å². The minimum atomic E-state index is 0.625. The summed E-state index contributed by atoms with van der Waals surface area (Å²) in [6.45, 7) is 7.44. The molecule has 0 aromatic rings. The molecular weight excluding hydrogens is 240 g/mol. The van der Waals surface area contributed by atoms with Crippen molar-refractivity contribution in [3.63, 3.8) is 0 Å². The van der Waals surface area contributed by atoms with Gasteiger partial charge < -0.3 is 0 Å². The van der Waals surface area contributed by atoms with E-state index in [4.69, 9.17) is 0 Å². The van der Waals surface area contributed by atoms with Gasteiger partial charge in [-0.2, -0.15) is 0 Å². The summed E-state index contributed by atoms with van der Waals surface area (Å²) in [5.74, 6) is 4.47. The molecule has 20 heavy (non-hydrogen) atoms. The van der Waals surface area contributed by atoms with Crippen molar-refractivity contribution in [3.05, 3.63) is 24.3 Å². The fourth-order valence-corrected chi connectivity index (χ4v) is 6.10. The topological polar surface area (TPSA) is 0 Å². The van der Waals surface area contributed by atoms with Crippen molar-refractivity contribution in [1.29, 1.82) is 0 Å². The SMILES string of the molecule is CCC(CC)(C1CCCC1)C1CC(C)C2C=CC=CC21. The molecule has 0 amide bonds. The van der Waals surface area contributed by atoms with Gasteiger partial charge in [0.25, 0.3) is 0 Å². The third-order valence-corrected chi connectivity index (χ3v) is 7.19. The summed E-state index contributed by atoms with van der Waals surface area (Å²) in [5.41, 5.74) is 0.625. The zero-order chi connectivity index (χ0) is 14.2. The first-order valence-corrected chi connectivity index (χ1v) is 9.08. The summed E-state index contributed by atoms with van der Waals surface area (Å²) < 4.78 is 0. The Labute approximate surface area is 125 Å². The lowest BCUT2D eigenvalue weighted by Gasteiger charge is -2.46. The van der Waals surface area contributed by atoms with Gasteiger partial charge in [-0.3, -0.25) is 0 Å². The number of hydrogen-bond acceptors (Lipinski definition) is 0. The van der Waals surface area contributed by atoms with Crippen molar-refractivity contribution >= 4 is 0 Å². The fraction of sp³-hybridized carbons (Fsp3) is 0.800. The Hall–Kier alpha value is -0.520. The Morgan fingerprint density at radius 1 is 0.950 bits per heavy atom. The van der Waals surface area contributed by atoms with Crippen molar-refractivity contribution < 1.29 is 0 Å². The molecule has 0 heterocycles. The molecule has 2 fully saturated rings. The van der Waals surface area contributed by atoms with Crippen LogP contribution in [0.5, 0.6) is 0 Å². The van der Waals surface area contributed by atoms with E-state index < -0.39 is 0 Å². The second kappa shape index (κ2) is 5.70. The van der Waals surface area contributed by atoms with Crippen LogP contribution in [0.15, 0.2) is 24.3 Å². The van der Waals surface area contributed by atoms with E-state index in [0.29, 0.717) is 5.41 Å². The summed E-state index contributed by atoms with van der Waals surface area (Å²) >= 11 is 0. The van der Waals surface area contributed by atoms with Crippen LogP contribution >= 0.6 is 0 Å². The molecule has 0 N–H and O–H groups in total. The lowest BCUT2D eigenvalue weighted by atomic mass is 9.59. The molecule has 2 saturated carbocycles. The van der Waals surface area contributed by atoms with Crippen molar-refractivity contribution in [2.75, 3.05) is 0 Å². The molecule has 0 spiro atoms. The first-order chi connectivity index (χ1) is 9.73. The lowest BCUT2D eigenvalue weighted by Crippen LogP contribution is -2.38. The molecule has 4 atom stereocenters. The van der Waals surface area contributed by atoms with Crippen LogP contribution in [0.2, 0.25) is 0 Å². The largest absolute Gasteiger partial charge is 0.0806 e. The summed E-state index contributed by atoms with van der Waals surface area (Å²) in [6, 6.07) is 0. The molecule has 0 radical (unpaired) electrons. The van der Waals surface area contributed by atoms with E-state index in [1.807, 2.05) is 0 Å². The van der Waals surface area contributed by atoms with Crippen molar-refractivity contribution in [1.82, 2.24) is 0 Å². The molecule has 4 unspecified atom stereocenters. The minimum Gasteiger partial charge on any atom is -0.0806 e. The second-order valence-electron chi connectivity index (χ2n) is 7.67. The van der Waals surface area contributed by atoms with Crippen LogP contribution in [-0.4, -0.2) is 0 Å². The summed E-state index contributed by atoms with van der Waals surface area (Å²) in [6.07, 6.45) is 19.9. The molecule has 0 nitrogen and oxygen atoms in total. The highest BCUT2D eigenvalue weighted by molar-refractivity contribution is 5.20. The first kappa shape index (κ1) is 14.4. The highest BCUT2D eigenvalue weighted by atomic mass is 14.6. The van der Waals surface area contributed by atoms with E-state index in [9.17, 15) is 0 Å². The first-order valence-electron chi connectivity index (χ1n) is 9.08. The number of fused-ring (bicyclic) bond motifs is 1. The minimum absolute atomic E-state index is 0.625. The van der Waals surface area contributed by atoms with Crippen LogP contribution in [0.1, 0.15) is 65.7 Å². The predicted octanol–water partition coefficient (Wildman–Crippen LogP) is 6.00. The molecule has 0 aromatic carbocycles. The van der Waals surface area contributed by atoms with Gasteiger partial charge in [0.1, 0.15) is 0 Å². The number of rotatable bonds is 4. The van der Waals surface area contributed by atoms with Gasteiger partial charge in [-0.15, -0.1) is 0 Å². The molecule has 3 rings (SSSR count). The highest BCUT2D eigenvalue weighted by Gasteiger charge is 2.51. The van der Waals surface area contributed by atoms with Gasteiger partial charge in [0, 0.05) is 0 Å². The van der Waals surface area contributed by atoms with Gasteiger partial charge in [0.15, 0.2) is 0 Å². The average molecular weight is 272 g/mol. The quantitative estimate of drug-likeness (QED) is 0.589. The van der Waals surface area contributed by atoms with Crippen LogP contribution in [0.25, 0.3) is 0 Å². The maximum absolute atomic E-state index is 2.55. The molecule has 0 bridgehead atoms. The zero-order valence-corrected chi connectivity index (χ0v) is 13.6. The predicted molar refractivity (Wildman–Crippen MR) is 87.5 cm³/mol. The Kier molecular flexibility index (Phi) is 4.11. The summed E-state index contributed by atoms with van der Waals surface area (Å²) in [4.78, 5) is 0. The highest BCUT2D eigenvalue weighted by Crippen LogP contribution is 2.59. The van der Waals surface area contributed by atoms with Crippen molar-refractivity contribution in [2.45, 2.75) is 65.7 Å². The van der Waals surface area contributed by atoms with Crippen molar-refractivity contribution in [2.24, 2.45) is 35.0 Å². The zero-order valence-electron chi connectivity index (χ0n) is 13.6. The third-order valence-electron chi connectivity index (χ3n) is 7.19. The molecule has 0 saturated heterocycles. The van der Waals surface area contributed by atoms with Gasteiger partial charge in [-0.25, -0.2) is 0 Å². The monoisotopic (exact) mass is 272 g/mol. The molecule has 0 aromatic heterocycles. The maximum atomic E-state index is 2.55. The molecular formula is C20H32.